The van der Waals surface area contributed by atoms with Crippen molar-refractivity contribution in [1.82, 2.24) is 5.32 Å². The summed E-state index contributed by atoms with van der Waals surface area (Å²) in [7, 11) is 0. The van der Waals surface area contributed by atoms with Crippen LogP contribution in [0.15, 0.2) is 22.7 Å². The highest BCUT2D eigenvalue weighted by molar-refractivity contribution is 8.05. The number of allylic oxidation sites excluding steroid dienone is 1. The molecule has 1 aliphatic carbocycles. The van der Waals surface area contributed by atoms with Gasteiger partial charge in [0.1, 0.15) is 0 Å². The summed E-state index contributed by atoms with van der Waals surface area (Å²) in [6, 6.07) is 0. The fourth-order valence-corrected chi connectivity index (χ4v) is 2.49. The van der Waals surface area contributed by atoms with E-state index in [0.29, 0.717) is 5.41 Å². The molecule has 0 aromatic carbocycles. The summed E-state index contributed by atoms with van der Waals surface area (Å²) in [5.74, 6) is 0. The van der Waals surface area contributed by atoms with E-state index >= 15 is 0 Å². The molecular weight excluding hydrogens is 154 g/mol. The molecule has 1 aliphatic heterocycles. The lowest BCUT2D eigenvalue weighted by molar-refractivity contribution is 0.227. The second-order valence-corrected chi connectivity index (χ2v) is 4.46. The summed E-state index contributed by atoms with van der Waals surface area (Å²) < 4.78 is 0. The predicted molar refractivity (Wildman–Crippen MR) is 49.9 cm³/mol. The van der Waals surface area contributed by atoms with Crippen molar-refractivity contribution in [3.05, 3.63) is 22.7 Å². The number of nitrogens with one attached hydrogen (secondary N) is 1. The molecule has 0 spiro atoms. The largest absolute Gasteiger partial charge is 0.366 e. The number of thioether (sulfide) groups is 1. The van der Waals surface area contributed by atoms with Crippen LogP contribution in [0.25, 0.3) is 0 Å². The van der Waals surface area contributed by atoms with Gasteiger partial charge in [-0.15, -0.1) is 0 Å². The van der Waals surface area contributed by atoms with E-state index in [2.05, 4.69) is 23.8 Å². The van der Waals surface area contributed by atoms with Gasteiger partial charge in [0.15, 0.2) is 0 Å². The van der Waals surface area contributed by atoms with Gasteiger partial charge < -0.3 is 5.32 Å². The van der Waals surface area contributed by atoms with Gasteiger partial charge in [0.05, 0.1) is 0 Å². The summed E-state index contributed by atoms with van der Waals surface area (Å²) in [5, 5.41) is 5.27. The van der Waals surface area contributed by atoms with Gasteiger partial charge in [-0.1, -0.05) is 25.1 Å². The van der Waals surface area contributed by atoms with E-state index in [9.17, 15) is 0 Å². The molecule has 60 valence electrons. The van der Waals surface area contributed by atoms with Crippen LogP contribution >= 0.6 is 11.8 Å². The highest BCUT2D eigenvalue weighted by Crippen LogP contribution is 2.51. The van der Waals surface area contributed by atoms with Crippen molar-refractivity contribution >= 4 is 11.8 Å². The van der Waals surface area contributed by atoms with Gasteiger partial charge in [-0.25, -0.2) is 0 Å². The van der Waals surface area contributed by atoms with Crippen LogP contribution in [0.3, 0.4) is 0 Å². The maximum absolute atomic E-state index is 3.15. The third kappa shape index (κ3) is 1.20. The zero-order valence-corrected chi connectivity index (χ0v) is 7.58. The monoisotopic (exact) mass is 167 g/mol. The first kappa shape index (κ1) is 7.29. The summed E-state index contributed by atoms with van der Waals surface area (Å²) in [6.45, 7) is 2.36. The Labute approximate surface area is 71.9 Å². The Balaban J connectivity index is 2.09. The number of hydrogen-bond donors (Lipinski definition) is 1. The molecule has 2 rings (SSSR count). The molecule has 2 aliphatic rings. The van der Waals surface area contributed by atoms with Gasteiger partial charge in [0, 0.05) is 22.7 Å². The van der Waals surface area contributed by atoms with Crippen molar-refractivity contribution in [3.8, 4) is 0 Å². The third-order valence-electron chi connectivity index (χ3n) is 2.63. The van der Waals surface area contributed by atoms with Gasteiger partial charge in [-0.3, -0.25) is 0 Å². The zero-order valence-electron chi connectivity index (χ0n) is 6.76. The van der Waals surface area contributed by atoms with Crippen LogP contribution in [0.4, 0.5) is 0 Å². The maximum atomic E-state index is 3.15. The first-order chi connectivity index (χ1) is 5.31. The Morgan fingerprint density at radius 3 is 2.82 bits per heavy atom. The Kier molecular flexibility index (Phi) is 1.72. The molecule has 1 heterocycles. The van der Waals surface area contributed by atoms with Crippen molar-refractivity contribution in [2.45, 2.75) is 26.2 Å². The molecule has 2 heteroatoms. The quantitative estimate of drug-likeness (QED) is 0.644. The van der Waals surface area contributed by atoms with Crippen molar-refractivity contribution in [2.24, 2.45) is 5.41 Å². The zero-order chi connectivity index (χ0) is 7.73. The molecular formula is C9H13NS. The molecule has 0 saturated heterocycles. The van der Waals surface area contributed by atoms with Gasteiger partial charge >= 0.3 is 0 Å². The van der Waals surface area contributed by atoms with Crippen LogP contribution in [0.1, 0.15) is 26.2 Å². The van der Waals surface area contributed by atoms with E-state index in [0.717, 1.165) is 0 Å². The van der Waals surface area contributed by atoms with Crippen molar-refractivity contribution < 1.29 is 0 Å². The molecule has 0 radical (unpaired) electrons. The Hall–Kier alpha value is -0.370. The van der Waals surface area contributed by atoms with Gasteiger partial charge in [-0.05, 0) is 18.2 Å². The second-order valence-electron chi connectivity index (χ2n) is 3.51. The molecule has 0 aromatic heterocycles. The molecule has 0 atom stereocenters. The maximum Gasteiger partial charge on any atom is 0.0111 e. The lowest BCUT2D eigenvalue weighted by Gasteiger charge is -2.40. The van der Waals surface area contributed by atoms with Crippen LogP contribution < -0.4 is 5.32 Å². The topological polar surface area (TPSA) is 12.0 Å². The molecule has 1 N–H and O–H groups in total. The Morgan fingerprint density at radius 2 is 2.36 bits per heavy atom. The molecule has 1 fully saturated rings. The standard InChI is InChI=1S/C9H13NS/c1-9(3-2-4-9)8-7-10-5-6-11-8/h5-7,10H,2-4H2,1H3. The fourth-order valence-electron chi connectivity index (χ4n) is 1.57. The number of rotatable bonds is 1. The smallest absolute Gasteiger partial charge is 0.0111 e. The van der Waals surface area contributed by atoms with E-state index in [1.165, 1.54) is 24.2 Å². The highest BCUT2D eigenvalue weighted by Gasteiger charge is 2.35. The van der Waals surface area contributed by atoms with E-state index in [1.807, 2.05) is 18.0 Å². The first-order valence-corrected chi connectivity index (χ1v) is 4.98. The summed E-state index contributed by atoms with van der Waals surface area (Å²) in [6.07, 6.45) is 8.25. The summed E-state index contributed by atoms with van der Waals surface area (Å²) in [4.78, 5) is 1.51. The van der Waals surface area contributed by atoms with Crippen molar-refractivity contribution in [1.29, 1.82) is 0 Å². The van der Waals surface area contributed by atoms with Crippen LogP contribution in [0.5, 0.6) is 0 Å². The molecule has 1 nitrogen and oxygen atoms in total. The molecule has 0 unspecified atom stereocenters. The predicted octanol–water partition coefficient (Wildman–Crippen LogP) is 2.83. The Bertz CT molecular complexity index is 214. The van der Waals surface area contributed by atoms with Gasteiger partial charge in [0.25, 0.3) is 0 Å². The second kappa shape index (κ2) is 2.59. The Morgan fingerprint density at radius 1 is 1.55 bits per heavy atom. The van der Waals surface area contributed by atoms with Crippen molar-refractivity contribution in [2.75, 3.05) is 0 Å². The highest BCUT2D eigenvalue weighted by atomic mass is 32.2. The van der Waals surface area contributed by atoms with Crippen molar-refractivity contribution in [3.63, 3.8) is 0 Å². The van der Waals surface area contributed by atoms with Gasteiger partial charge in [-0.2, -0.15) is 0 Å². The fraction of sp³-hybridized carbons (Fsp3) is 0.556. The summed E-state index contributed by atoms with van der Waals surface area (Å²) >= 11 is 1.86. The van der Waals surface area contributed by atoms with Crippen LogP contribution in [-0.4, -0.2) is 0 Å². The van der Waals surface area contributed by atoms with E-state index < -0.39 is 0 Å². The minimum absolute atomic E-state index is 0.502. The van der Waals surface area contributed by atoms with E-state index in [1.54, 1.807) is 0 Å². The molecule has 0 bridgehead atoms. The lowest BCUT2D eigenvalue weighted by Crippen LogP contribution is -2.27. The third-order valence-corrected chi connectivity index (χ3v) is 3.76. The lowest BCUT2D eigenvalue weighted by atomic mass is 9.70. The minimum atomic E-state index is 0.502. The normalized spacial score (nSPS) is 26.8. The van der Waals surface area contributed by atoms with E-state index in [4.69, 9.17) is 0 Å². The SMILES string of the molecule is CC1(C2=CNC=CS2)CCC1. The first-order valence-electron chi connectivity index (χ1n) is 4.10. The van der Waals surface area contributed by atoms with E-state index in [-0.39, 0.29) is 0 Å². The van der Waals surface area contributed by atoms with Crippen LogP contribution in [-0.2, 0) is 0 Å². The number of hydrogen-bond acceptors (Lipinski definition) is 2. The average Bonchev–Trinajstić information content (AvgIpc) is 2.02. The molecule has 11 heavy (non-hydrogen) atoms. The van der Waals surface area contributed by atoms with Gasteiger partial charge in [0.2, 0.25) is 0 Å². The molecule has 1 saturated carbocycles. The van der Waals surface area contributed by atoms with Crippen LogP contribution in [0, 0.1) is 5.41 Å². The minimum Gasteiger partial charge on any atom is -0.366 e. The van der Waals surface area contributed by atoms with Crippen LogP contribution in [0.2, 0.25) is 0 Å². The average molecular weight is 167 g/mol. The summed E-state index contributed by atoms with van der Waals surface area (Å²) in [5.41, 5.74) is 0.502. The molecule has 0 amide bonds. The molecule has 0 aromatic rings.